The fourth-order valence-corrected chi connectivity index (χ4v) is 3.06. The first kappa shape index (κ1) is 15.8. The summed E-state index contributed by atoms with van der Waals surface area (Å²) in [5.41, 5.74) is 0. The van der Waals surface area contributed by atoms with Gasteiger partial charge in [0.15, 0.2) is 0 Å². The first-order valence-corrected chi connectivity index (χ1v) is 8.56. The summed E-state index contributed by atoms with van der Waals surface area (Å²) in [6.45, 7) is 7.23. The maximum absolute atomic E-state index is 4.61. The van der Waals surface area contributed by atoms with E-state index in [1.165, 1.54) is 4.88 Å². The molecule has 0 aliphatic rings. The molecule has 114 valence electrons. The molecule has 1 atom stereocenters. The van der Waals surface area contributed by atoms with Crippen molar-refractivity contribution >= 4 is 23.0 Å². The van der Waals surface area contributed by atoms with Crippen molar-refractivity contribution in [3.63, 3.8) is 0 Å². The molecular formula is C16H24N4S. The lowest BCUT2D eigenvalue weighted by molar-refractivity contribution is 0.683. The van der Waals surface area contributed by atoms with Gasteiger partial charge in [0.1, 0.15) is 17.5 Å². The van der Waals surface area contributed by atoms with Crippen LogP contribution in [0, 0.1) is 0 Å². The number of aromatic nitrogens is 2. The number of anilines is 2. The number of rotatable bonds is 8. The third-order valence-corrected chi connectivity index (χ3v) is 4.22. The van der Waals surface area contributed by atoms with E-state index in [1.807, 2.05) is 6.07 Å². The normalized spacial score (nSPS) is 12.1. The Kier molecular flexibility index (Phi) is 5.99. The summed E-state index contributed by atoms with van der Waals surface area (Å²) < 4.78 is 0. The molecule has 0 saturated carbocycles. The molecule has 2 N–H and O–H groups in total. The molecule has 0 saturated heterocycles. The van der Waals surface area contributed by atoms with Crippen LogP contribution in [0.1, 0.15) is 50.4 Å². The molecule has 1 unspecified atom stereocenters. The SMILES string of the molecule is CCCC(Nc1cc(NCC)nc(CC)n1)c1cccs1. The monoisotopic (exact) mass is 304 g/mol. The lowest BCUT2D eigenvalue weighted by Crippen LogP contribution is -2.12. The van der Waals surface area contributed by atoms with E-state index >= 15 is 0 Å². The topological polar surface area (TPSA) is 49.8 Å². The minimum atomic E-state index is 0.323. The third-order valence-electron chi connectivity index (χ3n) is 3.23. The highest BCUT2D eigenvalue weighted by molar-refractivity contribution is 7.10. The van der Waals surface area contributed by atoms with Crippen LogP contribution in [0.5, 0.6) is 0 Å². The molecule has 0 aromatic carbocycles. The molecule has 0 bridgehead atoms. The molecule has 0 fully saturated rings. The Hall–Kier alpha value is -1.62. The molecule has 0 radical (unpaired) electrons. The second-order valence-electron chi connectivity index (χ2n) is 4.94. The Morgan fingerprint density at radius 3 is 2.62 bits per heavy atom. The first-order valence-electron chi connectivity index (χ1n) is 7.68. The fraction of sp³-hybridized carbons (Fsp3) is 0.500. The second kappa shape index (κ2) is 7.98. The van der Waals surface area contributed by atoms with Gasteiger partial charge in [-0.2, -0.15) is 0 Å². The minimum absolute atomic E-state index is 0.323. The highest BCUT2D eigenvalue weighted by atomic mass is 32.1. The molecule has 5 heteroatoms. The van der Waals surface area contributed by atoms with Gasteiger partial charge in [-0.15, -0.1) is 11.3 Å². The number of hydrogen-bond acceptors (Lipinski definition) is 5. The Morgan fingerprint density at radius 2 is 2.00 bits per heavy atom. The standard InChI is InChI=1S/C16H24N4S/c1-4-8-12(13-9-7-10-21-13)18-16-11-15(17-6-3)19-14(5-2)20-16/h7,9-12H,4-6,8H2,1-3H3,(H2,17,18,19,20). The summed E-state index contributed by atoms with van der Waals surface area (Å²) in [4.78, 5) is 10.5. The Bertz CT molecular complexity index is 539. The largest absolute Gasteiger partial charge is 0.370 e. The molecule has 2 rings (SSSR count). The van der Waals surface area contributed by atoms with Gasteiger partial charge in [0, 0.05) is 23.9 Å². The van der Waals surface area contributed by atoms with E-state index in [4.69, 9.17) is 0 Å². The number of hydrogen-bond donors (Lipinski definition) is 2. The summed E-state index contributed by atoms with van der Waals surface area (Å²) in [6.07, 6.45) is 3.08. The predicted octanol–water partition coefficient (Wildman–Crippen LogP) is 4.49. The smallest absolute Gasteiger partial charge is 0.132 e. The number of nitrogens with one attached hydrogen (secondary N) is 2. The van der Waals surface area contributed by atoms with Crippen LogP contribution in [0.4, 0.5) is 11.6 Å². The van der Waals surface area contributed by atoms with E-state index in [2.05, 4.69) is 58.9 Å². The van der Waals surface area contributed by atoms with Crippen LogP contribution in [0.15, 0.2) is 23.6 Å². The van der Waals surface area contributed by atoms with Gasteiger partial charge < -0.3 is 10.6 Å². The van der Waals surface area contributed by atoms with Crippen LogP contribution < -0.4 is 10.6 Å². The van der Waals surface area contributed by atoms with Crippen LogP contribution in [-0.2, 0) is 6.42 Å². The highest BCUT2D eigenvalue weighted by Gasteiger charge is 2.13. The van der Waals surface area contributed by atoms with E-state index in [-0.39, 0.29) is 0 Å². The van der Waals surface area contributed by atoms with Crippen LogP contribution in [0.25, 0.3) is 0 Å². The Labute approximate surface area is 131 Å². The van der Waals surface area contributed by atoms with Gasteiger partial charge in [-0.05, 0) is 24.8 Å². The molecular weight excluding hydrogens is 280 g/mol. The number of nitrogens with zero attached hydrogens (tertiary/aromatic N) is 2. The number of aryl methyl sites for hydroxylation is 1. The molecule has 2 aromatic heterocycles. The predicted molar refractivity (Wildman–Crippen MR) is 91.2 cm³/mol. The second-order valence-corrected chi connectivity index (χ2v) is 5.92. The fourth-order valence-electron chi connectivity index (χ4n) is 2.24. The maximum atomic E-state index is 4.61. The van der Waals surface area contributed by atoms with Gasteiger partial charge in [0.05, 0.1) is 6.04 Å². The zero-order chi connectivity index (χ0) is 15.1. The minimum Gasteiger partial charge on any atom is -0.370 e. The van der Waals surface area contributed by atoms with Gasteiger partial charge in [0.25, 0.3) is 0 Å². The van der Waals surface area contributed by atoms with E-state index in [0.29, 0.717) is 6.04 Å². The zero-order valence-electron chi connectivity index (χ0n) is 13.0. The van der Waals surface area contributed by atoms with Crippen LogP contribution in [0.2, 0.25) is 0 Å². The van der Waals surface area contributed by atoms with Crippen molar-refractivity contribution in [3.05, 3.63) is 34.3 Å². The zero-order valence-corrected chi connectivity index (χ0v) is 13.8. The average Bonchev–Trinajstić information content (AvgIpc) is 3.01. The lowest BCUT2D eigenvalue weighted by atomic mass is 10.1. The van der Waals surface area contributed by atoms with Gasteiger partial charge in [0.2, 0.25) is 0 Å². The summed E-state index contributed by atoms with van der Waals surface area (Å²) in [6, 6.07) is 6.61. The van der Waals surface area contributed by atoms with Crippen molar-refractivity contribution in [2.24, 2.45) is 0 Å². The quantitative estimate of drug-likeness (QED) is 0.754. The molecule has 4 nitrogen and oxygen atoms in total. The molecule has 2 aromatic rings. The van der Waals surface area contributed by atoms with Crippen LogP contribution in [0.3, 0.4) is 0 Å². The van der Waals surface area contributed by atoms with E-state index in [0.717, 1.165) is 43.3 Å². The van der Waals surface area contributed by atoms with Gasteiger partial charge in [-0.25, -0.2) is 9.97 Å². The number of thiophene rings is 1. The van der Waals surface area contributed by atoms with E-state index in [1.54, 1.807) is 11.3 Å². The van der Waals surface area contributed by atoms with Gasteiger partial charge in [-0.3, -0.25) is 0 Å². The van der Waals surface area contributed by atoms with Crippen molar-refractivity contribution < 1.29 is 0 Å². The van der Waals surface area contributed by atoms with Crippen LogP contribution in [-0.4, -0.2) is 16.5 Å². The average molecular weight is 304 g/mol. The van der Waals surface area contributed by atoms with Crippen molar-refractivity contribution in [2.75, 3.05) is 17.2 Å². The van der Waals surface area contributed by atoms with Gasteiger partial charge in [-0.1, -0.05) is 26.3 Å². The molecule has 0 aliphatic heterocycles. The first-order chi connectivity index (χ1) is 10.3. The molecule has 21 heavy (non-hydrogen) atoms. The summed E-state index contributed by atoms with van der Waals surface area (Å²) in [5, 5.41) is 8.98. The van der Waals surface area contributed by atoms with Gasteiger partial charge >= 0.3 is 0 Å². The molecule has 0 aliphatic carbocycles. The maximum Gasteiger partial charge on any atom is 0.132 e. The highest BCUT2D eigenvalue weighted by Crippen LogP contribution is 2.27. The van der Waals surface area contributed by atoms with Crippen molar-refractivity contribution in [3.8, 4) is 0 Å². The van der Waals surface area contributed by atoms with Crippen LogP contribution >= 0.6 is 11.3 Å². The summed E-state index contributed by atoms with van der Waals surface area (Å²) >= 11 is 1.79. The molecule has 0 amide bonds. The van der Waals surface area contributed by atoms with Crippen molar-refractivity contribution in [1.29, 1.82) is 0 Å². The van der Waals surface area contributed by atoms with Crippen molar-refractivity contribution in [1.82, 2.24) is 9.97 Å². The lowest BCUT2D eigenvalue weighted by Gasteiger charge is -2.18. The molecule has 2 heterocycles. The van der Waals surface area contributed by atoms with E-state index in [9.17, 15) is 0 Å². The molecule has 0 spiro atoms. The summed E-state index contributed by atoms with van der Waals surface area (Å²) in [5.74, 6) is 2.68. The summed E-state index contributed by atoms with van der Waals surface area (Å²) in [7, 11) is 0. The third kappa shape index (κ3) is 4.43. The Balaban J connectivity index is 2.21. The Morgan fingerprint density at radius 1 is 1.19 bits per heavy atom. The van der Waals surface area contributed by atoms with Crippen molar-refractivity contribution in [2.45, 2.75) is 46.1 Å². The van der Waals surface area contributed by atoms with E-state index < -0.39 is 0 Å².